The number of aromatic nitrogens is 2. The number of fused-ring (bicyclic) bond motifs is 1. The largest absolute Gasteiger partial charge is 0.311 e. The van der Waals surface area contributed by atoms with E-state index in [0.29, 0.717) is 5.69 Å². The minimum Gasteiger partial charge on any atom is -0.311 e. The van der Waals surface area contributed by atoms with Gasteiger partial charge in [0.05, 0.1) is 11.4 Å². The van der Waals surface area contributed by atoms with Crippen molar-refractivity contribution in [3.8, 4) is 5.69 Å². The molecule has 2 heterocycles. The van der Waals surface area contributed by atoms with Crippen LogP contribution in [0.1, 0.15) is 38.0 Å². The normalized spacial score (nSPS) is 15.2. The Labute approximate surface area is 118 Å². The third kappa shape index (κ3) is 2.14. The van der Waals surface area contributed by atoms with E-state index in [1.54, 1.807) is 6.07 Å². The summed E-state index contributed by atoms with van der Waals surface area (Å²) in [5.41, 5.74) is 2.66. The first-order valence-corrected chi connectivity index (χ1v) is 7.05. The molecule has 1 N–H and O–H groups in total. The number of hydrogen-bond donors (Lipinski definition) is 1. The lowest BCUT2D eigenvalue weighted by molar-refractivity contribution is 0.525. The fourth-order valence-corrected chi connectivity index (χ4v) is 2.71. The van der Waals surface area contributed by atoms with E-state index in [1.165, 1.54) is 6.07 Å². The summed E-state index contributed by atoms with van der Waals surface area (Å²) in [5.74, 6) is 0.730. The molecule has 1 aliphatic heterocycles. The molecule has 1 aromatic carbocycles. The van der Waals surface area contributed by atoms with E-state index >= 15 is 0 Å². The van der Waals surface area contributed by atoms with E-state index in [4.69, 9.17) is 4.98 Å². The van der Waals surface area contributed by atoms with Gasteiger partial charge >= 0.3 is 0 Å². The maximum Gasteiger partial charge on any atom is 0.147 e. The van der Waals surface area contributed by atoms with Crippen LogP contribution in [-0.4, -0.2) is 16.1 Å². The SMILES string of the molecule is CC(C)(C)c1nc2c(n1-c1ccccc1F)CCNC2. The summed E-state index contributed by atoms with van der Waals surface area (Å²) in [6.45, 7) is 8.03. The molecule has 1 aromatic heterocycles. The molecule has 4 heteroatoms. The predicted molar refractivity (Wildman–Crippen MR) is 77.6 cm³/mol. The van der Waals surface area contributed by atoms with Crippen LogP contribution in [0.5, 0.6) is 0 Å². The minimum absolute atomic E-state index is 0.125. The second kappa shape index (κ2) is 4.70. The highest BCUT2D eigenvalue weighted by atomic mass is 19.1. The lowest BCUT2D eigenvalue weighted by atomic mass is 9.95. The van der Waals surface area contributed by atoms with Gasteiger partial charge in [0.1, 0.15) is 11.6 Å². The van der Waals surface area contributed by atoms with E-state index in [1.807, 2.05) is 16.7 Å². The topological polar surface area (TPSA) is 29.9 Å². The quantitative estimate of drug-likeness (QED) is 0.865. The van der Waals surface area contributed by atoms with Crippen molar-refractivity contribution >= 4 is 0 Å². The summed E-state index contributed by atoms with van der Waals surface area (Å²) in [6, 6.07) is 6.93. The summed E-state index contributed by atoms with van der Waals surface area (Å²) in [7, 11) is 0. The third-order valence-corrected chi connectivity index (χ3v) is 3.65. The summed E-state index contributed by atoms with van der Waals surface area (Å²) in [6.07, 6.45) is 0.882. The van der Waals surface area contributed by atoms with E-state index in [9.17, 15) is 4.39 Å². The van der Waals surface area contributed by atoms with Crippen LogP contribution in [0.4, 0.5) is 4.39 Å². The number of hydrogen-bond acceptors (Lipinski definition) is 2. The number of nitrogens with one attached hydrogen (secondary N) is 1. The highest BCUT2D eigenvalue weighted by Gasteiger charge is 2.28. The number of benzene rings is 1. The minimum atomic E-state index is -0.197. The molecule has 0 bridgehead atoms. The van der Waals surface area contributed by atoms with Crippen molar-refractivity contribution in [3.05, 3.63) is 47.3 Å². The third-order valence-electron chi connectivity index (χ3n) is 3.65. The molecule has 2 aromatic rings. The van der Waals surface area contributed by atoms with E-state index in [0.717, 1.165) is 36.7 Å². The van der Waals surface area contributed by atoms with Crippen LogP contribution in [0.15, 0.2) is 24.3 Å². The lowest BCUT2D eigenvalue weighted by Gasteiger charge is -2.22. The van der Waals surface area contributed by atoms with Crippen LogP contribution in [0.2, 0.25) is 0 Å². The van der Waals surface area contributed by atoms with Gasteiger partial charge in [-0.15, -0.1) is 0 Å². The molecule has 0 unspecified atom stereocenters. The van der Waals surface area contributed by atoms with Gasteiger partial charge in [-0.25, -0.2) is 9.37 Å². The molecule has 0 spiro atoms. The Morgan fingerprint density at radius 1 is 1.25 bits per heavy atom. The predicted octanol–water partition coefficient (Wildman–Crippen LogP) is 2.95. The van der Waals surface area contributed by atoms with Gasteiger partial charge in [0, 0.05) is 30.6 Å². The monoisotopic (exact) mass is 273 g/mol. The Morgan fingerprint density at radius 3 is 2.70 bits per heavy atom. The average molecular weight is 273 g/mol. The Hall–Kier alpha value is -1.68. The van der Waals surface area contributed by atoms with Crippen LogP contribution >= 0.6 is 0 Å². The maximum absolute atomic E-state index is 14.2. The zero-order valence-electron chi connectivity index (χ0n) is 12.2. The number of nitrogens with zero attached hydrogens (tertiary/aromatic N) is 2. The number of rotatable bonds is 1. The smallest absolute Gasteiger partial charge is 0.147 e. The molecule has 106 valence electrons. The fourth-order valence-electron chi connectivity index (χ4n) is 2.71. The number of para-hydroxylation sites is 1. The summed E-state index contributed by atoms with van der Waals surface area (Å²) in [4.78, 5) is 4.77. The van der Waals surface area contributed by atoms with Crippen molar-refractivity contribution in [1.82, 2.24) is 14.9 Å². The Kier molecular flexibility index (Phi) is 3.13. The first-order valence-electron chi connectivity index (χ1n) is 7.05. The summed E-state index contributed by atoms with van der Waals surface area (Å²) >= 11 is 0. The van der Waals surface area contributed by atoms with Crippen LogP contribution in [0.3, 0.4) is 0 Å². The van der Waals surface area contributed by atoms with Crippen molar-refractivity contribution in [2.75, 3.05) is 6.54 Å². The van der Waals surface area contributed by atoms with Gasteiger partial charge < -0.3 is 5.32 Å². The van der Waals surface area contributed by atoms with Gasteiger partial charge in [0.15, 0.2) is 0 Å². The molecule has 0 aliphatic carbocycles. The van der Waals surface area contributed by atoms with Gasteiger partial charge in [-0.2, -0.15) is 0 Å². The van der Waals surface area contributed by atoms with Crippen LogP contribution < -0.4 is 5.32 Å². The van der Waals surface area contributed by atoms with Gasteiger partial charge in [-0.3, -0.25) is 4.57 Å². The molecule has 1 aliphatic rings. The zero-order valence-corrected chi connectivity index (χ0v) is 12.2. The Balaban J connectivity index is 2.28. The standard InChI is InChI=1S/C16H20FN3/c1-16(2,3)15-19-12-10-18-9-8-14(12)20(15)13-7-5-4-6-11(13)17/h4-7,18H,8-10H2,1-3H3. The number of halogens is 1. The fraction of sp³-hybridized carbons (Fsp3) is 0.438. The van der Waals surface area contributed by atoms with Crippen LogP contribution in [-0.2, 0) is 18.4 Å². The zero-order chi connectivity index (χ0) is 14.3. The average Bonchev–Trinajstić information content (AvgIpc) is 2.79. The molecule has 0 radical (unpaired) electrons. The second-order valence-electron chi connectivity index (χ2n) is 6.29. The highest BCUT2D eigenvalue weighted by molar-refractivity contribution is 5.41. The summed E-state index contributed by atoms with van der Waals surface area (Å²) < 4.78 is 16.2. The van der Waals surface area contributed by atoms with Crippen LogP contribution in [0, 0.1) is 5.82 Å². The van der Waals surface area contributed by atoms with Gasteiger partial charge in [-0.05, 0) is 12.1 Å². The molecule has 0 atom stereocenters. The van der Waals surface area contributed by atoms with Crippen molar-refractivity contribution in [2.24, 2.45) is 0 Å². The number of imidazole rings is 1. The van der Waals surface area contributed by atoms with Crippen molar-refractivity contribution in [1.29, 1.82) is 0 Å². The van der Waals surface area contributed by atoms with Crippen LogP contribution in [0.25, 0.3) is 5.69 Å². The first kappa shape index (κ1) is 13.3. The molecular weight excluding hydrogens is 253 g/mol. The molecule has 0 amide bonds. The van der Waals surface area contributed by atoms with Crippen molar-refractivity contribution in [3.63, 3.8) is 0 Å². The molecule has 0 saturated carbocycles. The lowest BCUT2D eigenvalue weighted by Crippen LogP contribution is -2.25. The molecular formula is C16H20FN3. The molecule has 0 fully saturated rings. The highest BCUT2D eigenvalue weighted by Crippen LogP contribution is 2.30. The van der Waals surface area contributed by atoms with Gasteiger partial charge in [-0.1, -0.05) is 32.9 Å². The second-order valence-corrected chi connectivity index (χ2v) is 6.29. The van der Waals surface area contributed by atoms with Gasteiger partial charge in [0.2, 0.25) is 0 Å². The Bertz CT molecular complexity index is 638. The van der Waals surface area contributed by atoms with Gasteiger partial charge in [0.25, 0.3) is 0 Å². The molecule has 20 heavy (non-hydrogen) atoms. The summed E-state index contributed by atoms with van der Waals surface area (Å²) in [5, 5.41) is 3.33. The molecule has 3 nitrogen and oxygen atoms in total. The maximum atomic E-state index is 14.2. The first-order chi connectivity index (χ1) is 9.48. The van der Waals surface area contributed by atoms with Crippen molar-refractivity contribution in [2.45, 2.75) is 39.2 Å². The van der Waals surface area contributed by atoms with E-state index in [-0.39, 0.29) is 11.2 Å². The molecule has 3 rings (SSSR count). The molecule has 0 saturated heterocycles. The van der Waals surface area contributed by atoms with E-state index < -0.39 is 0 Å². The van der Waals surface area contributed by atoms with Crippen molar-refractivity contribution < 1.29 is 4.39 Å². The Morgan fingerprint density at radius 2 is 2.00 bits per heavy atom. The van der Waals surface area contributed by atoms with E-state index in [2.05, 4.69) is 26.1 Å².